The minimum Gasteiger partial charge on any atom is -0.392 e. The summed E-state index contributed by atoms with van der Waals surface area (Å²) >= 11 is 1.65. The zero-order valence-electron chi connectivity index (χ0n) is 9.16. The van der Waals surface area contributed by atoms with Crippen LogP contribution in [0, 0.1) is 11.7 Å². The Morgan fingerprint density at radius 1 is 1.40 bits per heavy atom. The third kappa shape index (κ3) is 4.22. The van der Waals surface area contributed by atoms with E-state index in [1.54, 1.807) is 11.8 Å². The van der Waals surface area contributed by atoms with Gasteiger partial charge in [0.05, 0.1) is 6.61 Å². The summed E-state index contributed by atoms with van der Waals surface area (Å²) in [5.74, 6) is 1.36. The van der Waals surface area contributed by atoms with Gasteiger partial charge in [0.2, 0.25) is 0 Å². The van der Waals surface area contributed by atoms with Gasteiger partial charge in [0.1, 0.15) is 5.82 Å². The van der Waals surface area contributed by atoms with Gasteiger partial charge in [-0.15, -0.1) is 11.8 Å². The van der Waals surface area contributed by atoms with Crippen molar-refractivity contribution in [2.24, 2.45) is 5.92 Å². The maximum Gasteiger partial charge on any atom is 0.124 e. The Hall–Kier alpha value is -0.540. The maximum absolute atomic E-state index is 13.1. The molecule has 1 aromatic rings. The molecular formula is C12H17FOS. The van der Waals surface area contributed by atoms with Crippen molar-refractivity contribution in [1.29, 1.82) is 0 Å². The van der Waals surface area contributed by atoms with Crippen LogP contribution in [0.1, 0.15) is 25.8 Å². The summed E-state index contributed by atoms with van der Waals surface area (Å²) < 4.78 is 13.1. The van der Waals surface area contributed by atoms with Crippen LogP contribution in [0.4, 0.5) is 4.39 Å². The van der Waals surface area contributed by atoms with E-state index in [4.69, 9.17) is 5.11 Å². The van der Waals surface area contributed by atoms with Crippen LogP contribution >= 0.6 is 11.8 Å². The van der Waals surface area contributed by atoms with Crippen LogP contribution in [-0.2, 0) is 6.61 Å². The van der Waals surface area contributed by atoms with Gasteiger partial charge >= 0.3 is 0 Å². The number of halogens is 1. The minimum atomic E-state index is -0.270. The molecule has 0 aliphatic rings. The second-order valence-electron chi connectivity index (χ2n) is 3.78. The molecule has 0 heterocycles. The number of hydrogen-bond acceptors (Lipinski definition) is 2. The van der Waals surface area contributed by atoms with Gasteiger partial charge < -0.3 is 5.11 Å². The molecule has 0 aliphatic heterocycles. The molecule has 0 fully saturated rings. The fourth-order valence-electron chi connectivity index (χ4n) is 1.15. The average Bonchev–Trinajstić information content (AvgIpc) is 2.25. The Morgan fingerprint density at radius 2 is 2.13 bits per heavy atom. The second kappa shape index (κ2) is 6.13. The zero-order chi connectivity index (χ0) is 11.3. The van der Waals surface area contributed by atoms with Crippen molar-refractivity contribution in [1.82, 2.24) is 0 Å². The van der Waals surface area contributed by atoms with Crippen molar-refractivity contribution in [3.05, 3.63) is 29.6 Å². The SMILES string of the molecule is CCC(C)CSc1cc(F)cc(CO)c1. The van der Waals surface area contributed by atoms with Crippen LogP contribution in [0.3, 0.4) is 0 Å². The van der Waals surface area contributed by atoms with E-state index in [-0.39, 0.29) is 12.4 Å². The van der Waals surface area contributed by atoms with Crippen molar-refractivity contribution in [3.63, 3.8) is 0 Å². The predicted octanol–water partition coefficient (Wildman–Crippen LogP) is 3.46. The van der Waals surface area contributed by atoms with Crippen LogP contribution in [-0.4, -0.2) is 10.9 Å². The molecule has 0 saturated heterocycles. The maximum atomic E-state index is 13.1. The molecule has 1 nitrogen and oxygen atoms in total. The summed E-state index contributed by atoms with van der Waals surface area (Å²) in [5.41, 5.74) is 0.640. The molecule has 0 radical (unpaired) electrons. The Bertz CT molecular complexity index is 314. The van der Waals surface area contributed by atoms with Gasteiger partial charge in [0.25, 0.3) is 0 Å². The van der Waals surface area contributed by atoms with E-state index in [1.165, 1.54) is 12.1 Å². The molecule has 15 heavy (non-hydrogen) atoms. The number of aliphatic hydroxyl groups excluding tert-OH is 1. The highest BCUT2D eigenvalue weighted by molar-refractivity contribution is 7.99. The van der Waals surface area contributed by atoms with Crippen LogP contribution in [0.15, 0.2) is 23.1 Å². The van der Waals surface area contributed by atoms with Gasteiger partial charge in [-0.25, -0.2) is 4.39 Å². The highest BCUT2D eigenvalue weighted by atomic mass is 32.2. The molecule has 0 aromatic heterocycles. The number of hydrogen-bond donors (Lipinski definition) is 1. The molecule has 1 N–H and O–H groups in total. The largest absolute Gasteiger partial charge is 0.392 e. The van der Waals surface area contributed by atoms with E-state index < -0.39 is 0 Å². The van der Waals surface area contributed by atoms with Gasteiger partial charge in [0.15, 0.2) is 0 Å². The molecule has 1 aromatic carbocycles. The fourth-order valence-corrected chi connectivity index (χ4v) is 2.29. The van der Waals surface area contributed by atoms with Crippen molar-refractivity contribution < 1.29 is 9.50 Å². The van der Waals surface area contributed by atoms with Crippen molar-refractivity contribution in [2.45, 2.75) is 31.8 Å². The predicted molar refractivity (Wildman–Crippen MR) is 62.5 cm³/mol. The second-order valence-corrected chi connectivity index (χ2v) is 4.87. The molecule has 0 aliphatic carbocycles. The minimum absolute atomic E-state index is 0.103. The Balaban J connectivity index is 2.64. The lowest BCUT2D eigenvalue weighted by Crippen LogP contribution is -1.95. The summed E-state index contributed by atoms with van der Waals surface area (Å²) in [6.07, 6.45) is 1.13. The van der Waals surface area contributed by atoms with Crippen molar-refractivity contribution in [2.75, 3.05) is 5.75 Å². The molecule has 0 amide bonds. The Labute approximate surface area is 94.7 Å². The van der Waals surface area contributed by atoms with E-state index >= 15 is 0 Å². The molecule has 1 rings (SSSR count). The zero-order valence-corrected chi connectivity index (χ0v) is 9.98. The highest BCUT2D eigenvalue weighted by Crippen LogP contribution is 2.24. The normalized spacial score (nSPS) is 12.8. The van der Waals surface area contributed by atoms with E-state index in [1.807, 2.05) is 6.07 Å². The molecule has 3 heteroatoms. The van der Waals surface area contributed by atoms with Gasteiger partial charge in [-0.2, -0.15) is 0 Å². The number of benzene rings is 1. The lowest BCUT2D eigenvalue weighted by molar-refractivity contribution is 0.281. The molecule has 0 saturated carbocycles. The molecule has 84 valence electrons. The summed E-state index contributed by atoms with van der Waals surface area (Å²) in [6.45, 7) is 4.23. The summed E-state index contributed by atoms with van der Waals surface area (Å²) in [5, 5.41) is 8.93. The van der Waals surface area contributed by atoms with E-state index in [0.29, 0.717) is 11.5 Å². The summed E-state index contributed by atoms with van der Waals surface area (Å²) in [4.78, 5) is 0.902. The fraction of sp³-hybridized carbons (Fsp3) is 0.500. The van der Waals surface area contributed by atoms with E-state index in [0.717, 1.165) is 17.1 Å². The molecular weight excluding hydrogens is 211 g/mol. The molecule has 0 bridgehead atoms. The molecule has 1 unspecified atom stereocenters. The first kappa shape index (κ1) is 12.5. The Morgan fingerprint density at radius 3 is 2.73 bits per heavy atom. The van der Waals surface area contributed by atoms with Gasteiger partial charge in [-0.1, -0.05) is 20.3 Å². The third-order valence-corrected chi connectivity index (χ3v) is 3.65. The molecule has 0 spiro atoms. The standard InChI is InChI=1S/C12H17FOS/c1-3-9(2)8-15-12-5-10(7-14)4-11(13)6-12/h4-6,9,14H,3,7-8H2,1-2H3. The quantitative estimate of drug-likeness (QED) is 0.779. The first-order chi connectivity index (χ1) is 7.15. The summed E-state index contributed by atoms with van der Waals surface area (Å²) in [7, 11) is 0. The number of aliphatic hydroxyl groups is 1. The van der Waals surface area contributed by atoms with Crippen molar-refractivity contribution >= 4 is 11.8 Å². The van der Waals surface area contributed by atoms with Crippen LogP contribution < -0.4 is 0 Å². The lowest BCUT2D eigenvalue weighted by Gasteiger charge is -2.08. The van der Waals surface area contributed by atoms with Gasteiger partial charge in [0, 0.05) is 10.6 Å². The first-order valence-corrected chi connectivity index (χ1v) is 6.17. The van der Waals surface area contributed by atoms with Gasteiger partial charge in [-0.3, -0.25) is 0 Å². The van der Waals surface area contributed by atoms with Crippen LogP contribution in [0.25, 0.3) is 0 Å². The lowest BCUT2D eigenvalue weighted by atomic mass is 10.2. The van der Waals surface area contributed by atoms with E-state index in [9.17, 15) is 4.39 Å². The number of rotatable bonds is 5. The first-order valence-electron chi connectivity index (χ1n) is 5.18. The van der Waals surface area contributed by atoms with Crippen LogP contribution in [0.2, 0.25) is 0 Å². The highest BCUT2D eigenvalue weighted by Gasteiger charge is 2.03. The summed E-state index contributed by atoms with van der Waals surface area (Å²) in [6, 6.07) is 4.73. The Kier molecular flexibility index (Phi) is 5.12. The van der Waals surface area contributed by atoms with Crippen LogP contribution in [0.5, 0.6) is 0 Å². The van der Waals surface area contributed by atoms with Crippen molar-refractivity contribution in [3.8, 4) is 0 Å². The molecule has 1 atom stereocenters. The topological polar surface area (TPSA) is 20.2 Å². The average molecular weight is 228 g/mol. The monoisotopic (exact) mass is 228 g/mol. The number of thioether (sulfide) groups is 1. The van der Waals surface area contributed by atoms with Gasteiger partial charge in [-0.05, 0) is 29.7 Å². The smallest absolute Gasteiger partial charge is 0.124 e. The third-order valence-electron chi connectivity index (χ3n) is 2.35. The van der Waals surface area contributed by atoms with E-state index in [2.05, 4.69) is 13.8 Å².